The highest BCUT2D eigenvalue weighted by Crippen LogP contribution is 2.41. The fourth-order valence-electron chi connectivity index (χ4n) is 3.06. The second-order valence-electron chi connectivity index (χ2n) is 6.05. The summed E-state index contributed by atoms with van der Waals surface area (Å²) in [5, 5.41) is 1.59. The predicted molar refractivity (Wildman–Crippen MR) is 109 cm³/mol. The minimum Gasteiger partial charge on any atom is -0.307 e. The molecule has 0 atom stereocenters. The van der Waals surface area contributed by atoms with Crippen molar-refractivity contribution in [1.82, 2.24) is 4.98 Å². The molecule has 0 aliphatic carbocycles. The first-order valence-electron chi connectivity index (χ1n) is 8.52. The highest BCUT2D eigenvalue weighted by Gasteiger charge is 2.30. The quantitative estimate of drug-likeness (QED) is 0.508. The second-order valence-corrected chi connectivity index (χ2v) is 8.76. The third-order valence-electron chi connectivity index (χ3n) is 4.42. The molecule has 0 saturated carbocycles. The summed E-state index contributed by atoms with van der Waals surface area (Å²) in [5.41, 5.74) is 2.72. The van der Waals surface area contributed by atoms with Crippen molar-refractivity contribution in [1.29, 1.82) is 0 Å². The number of hydrogen-bond donors (Lipinski definition) is 0. The summed E-state index contributed by atoms with van der Waals surface area (Å²) in [6.45, 7) is 0. The van der Waals surface area contributed by atoms with Gasteiger partial charge in [0.05, 0.1) is 0 Å². The van der Waals surface area contributed by atoms with Gasteiger partial charge in [0.15, 0.2) is 7.14 Å². The van der Waals surface area contributed by atoms with E-state index in [1.807, 2.05) is 109 Å². The molecular formula is C23H18NOP. The molecular weight excluding hydrogens is 337 g/mol. The van der Waals surface area contributed by atoms with E-state index in [0.29, 0.717) is 5.44 Å². The molecule has 4 rings (SSSR count). The van der Waals surface area contributed by atoms with Crippen LogP contribution in [0.1, 0.15) is 0 Å². The number of aromatic nitrogens is 1. The van der Waals surface area contributed by atoms with Crippen LogP contribution in [0.15, 0.2) is 109 Å². The molecule has 3 aromatic carbocycles. The van der Waals surface area contributed by atoms with Gasteiger partial charge in [0.25, 0.3) is 0 Å². The van der Waals surface area contributed by atoms with E-state index in [4.69, 9.17) is 0 Å². The molecule has 0 bridgehead atoms. The van der Waals surface area contributed by atoms with Crippen LogP contribution in [0.25, 0.3) is 11.1 Å². The molecule has 4 aromatic rings. The number of benzene rings is 3. The van der Waals surface area contributed by atoms with Crippen LogP contribution < -0.4 is 16.0 Å². The predicted octanol–water partition coefficient (Wildman–Crippen LogP) is 4.39. The van der Waals surface area contributed by atoms with Crippen molar-refractivity contribution >= 4 is 23.2 Å². The minimum atomic E-state index is -3.00. The van der Waals surface area contributed by atoms with Gasteiger partial charge in [-0.05, 0) is 11.6 Å². The average molecular weight is 355 g/mol. The summed E-state index contributed by atoms with van der Waals surface area (Å²) in [7, 11) is -3.00. The Balaban J connectivity index is 1.84. The monoisotopic (exact) mass is 355 g/mol. The summed E-state index contributed by atoms with van der Waals surface area (Å²) in [6.07, 6.45) is 1.81. The Morgan fingerprint density at radius 2 is 1.04 bits per heavy atom. The zero-order valence-corrected chi connectivity index (χ0v) is 15.1. The molecule has 1 aromatic heterocycles. The number of nitrogens with zero attached hydrogens (tertiary/aromatic N) is 1. The topological polar surface area (TPSA) is 30.0 Å². The SMILES string of the molecule is O=P(c1ccccc1)(c1ccccc1)c1ccc(-c2ccccc2)cn1. The second kappa shape index (κ2) is 7.11. The van der Waals surface area contributed by atoms with E-state index in [-0.39, 0.29) is 0 Å². The molecule has 0 fully saturated rings. The average Bonchev–Trinajstić information content (AvgIpc) is 2.75. The molecule has 0 aliphatic heterocycles. The van der Waals surface area contributed by atoms with Crippen LogP contribution >= 0.6 is 7.14 Å². The van der Waals surface area contributed by atoms with Crippen LogP contribution in [-0.4, -0.2) is 4.98 Å². The van der Waals surface area contributed by atoms with Crippen LogP contribution in [0.5, 0.6) is 0 Å². The smallest absolute Gasteiger partial charge is 0.188 e. The molecule has 3 heteroatoms. The maximum atomic E-state index is 14.2. The Morgan fingerprint density at radius 3 is 1.50 bits per heavy atom. The summed E-state index contributed by atoms with van der Waals surface area (Å²) < 4.78 is 14.2. The van der Waals surface area contributed by atoms with Gasteiger partial charge in [0, 0.05) is 22.4 Å². The van der Waals surface area contributed by atoms with Crippen LogP contribution in [0, 0.1) is 0 Å². The number of pyridine rings is 1. The van der Waals surface area contributed by atoms with E-state index < -0.39 is 7.14 Å². The van der Waals surface area contributed by atoms with Crippen molar-refractivity contribution in [2.24, 2.45) is 0 Å². The van der Waals surface area contributed by atoms with E-state index in [9.17, 15) is 4.57 Å². The maximum Gasteiger partial charge on any atom is 0.188 e. The normalized spacial score (nSPS) is 11.2. The molecule has 0 saturated heterocycles. The van der Waals surface area contributed by atoms with Gasteiger partial charge in [0.2, 0.25) is 0 Å². The van der Waals surface area contributed by atoms with Gasteiger partial charge in [-0.1, -0.05) is 97.1 Å². The molecule has 26 heavy (non-hydrogen) atoms. The van der Waals surface area contributed by atoms with Crippen LogP contribution in [0.4, 0.5) is 0 Å². The molecule has 2 nitrogen and oxygen atoms in total. The zero-order valence-electron chi connectivity index (χ0n) is 14.2. The van der Waals surface area contributed by atoms with Crippen molar-refractivity contribution in [3.63, 3.8) is 0 Å². The Labute approximate surface area is 153 Å². The maximum absolute atomic E-state index is 14.2. The lowest BCUT2D eigenvalue weighted by atomic mass is 10.1. The lowest BCUT2D eigenvalue weighted by Crippen LogP contribution is -2.26. The highest BCUT2D eigenvalue weighted by atomic mass is 31.2. The highest BCUT2D eigenvalue weighted by molar-refractivity contribution is 7.85. The van der Waals surface area contributed by atoms with E-state index in [1.54, 1.807) is 0 Å². The summed E-state index contributed by atoms with van der Waals surface area (Å²) in [6, 6.07) is 33.2. The third-order valence-corrected chi connectivity index (χ3v) is 7.38. The first-order valence-corrected chi connectivity index (χ1v) is 10.2. The molecule has 0 spiro atoms. The number of hydrogen-bond acceptors (Lipinski definition) is 2. The van der Waals surface area contributed by atoms with Crippen LogP contribution in [0.2, 0.25) is 0 Å². The molecule has 0 radical (unpaired) electrons. The van der Waals surface area contributed by atoms with Gasteiger partial charge >= 0.3 is 0 Å². The lowest BCUT2D eigenvalue weighted by molar-refractivity contribution is 0.592. The third kappa shape index (κ3) is 3.00. The minimum absolute atomic E-state index is 0.606. The Hall–Kier alpha value is -2.96. The Morgan fingerprint density at radius 1 is 0.538 bits per heavy atom. The van der Waals surface area contributed by atoms with Crippen molar-refractivity contribution < 1.29 is 4.57 Å². The lowest BCUT2D eigenvalue weighted by Gasteiger charge is -2.19. The van der Waals surface area contributed by atoms with E-state index >= 15 is 0 Å². The fraction of sp³-hybridized carbons (Fsp3) is 0. The van der Waals surface area contributed by atoms with Crippen molar-refractivity contribution in [3.8, 4) is 11.1 Å². The van der Waals surface area contributed by atoms with Gasteiger partial charge in [-0.3, -0.25) is 4.98 Å². The van der Waals surface area contributed by atoms with E-state index in [1.165, 1.54) is 0 Å². The van der Waals surface area contributed by atoms with Gasteiger partial charge in [0.1, 0.15) is 5.44 Å². The summed E-state index contributed by atoms with van der Waals surface area (Å²) >= 11 is 0. The van der Waals surface area contributed by atoms with Crippen molar-refractivity contribution in [2.45, 2.75) is 0 Å². The van der Waals surface area contributed by atoms with Gasteiger partial charge in [-0.2, -0.15) is 0 Å². The van der Waals surface area contributed by atoms with Crippen LogP contribution in [0.3, 0.4) is 0 Å². The van der Waals surface area contributed by atoms with Crippen molar-refractivity contribution in [3.05, 3.63) is 109 Å². The van der Waals surface area contributed by atoms with E-state index in [0.717, 1.165) is 21.7 Å². The van der Waals surface area contributed by atoms with Gasteiger partial charge in [-0.25, -0.2) is 0 Å². The van der Waals surface area contributed by atoms with Gasteiger partial charge < -0.3 is 4.57 Å². The molecule has 126 valence electrons. The number of rotatable bonds is 4. The summed E-state index contributed by atoms with van der Waals surface area (Å²) in [4.78, 5) is 4.62. The summed E-state index contributed by atoms with van der Waals surface area (Å²) in [5.74, 6) is 0. The Kier molecular flexibility index (Phi) is 4.51. The zero-order chi connectivity index (χ0) is 17.8. The molecule has 0 aliphatic rings. The van der Waals surface area contributed by atoms with Gasteiger partial charge in [-0.15, -0.1) is 0 Å². The molecule has 0 unspecified atom stereocenters. The molecule has 0 N–H and O–H groups in total. The fourth-order valence-corrected chi connectivity index (χ4v) is 5.58. The largest absolute Gasteiger partial charge is 0.307 e. The van der Waals surface area contributed by atoms with Crippen molar-refractivity contribution in [2.75, 3.05) is 0 Å². The first kappa shape index (κ1) is 16.5. The van der Waals surface area contributed by atoms with Crippen LogP contribution in [-0.2, 0) is 4.57 Å². The Bertz CT molecular complexity index is 986. The molecule has 1 heterocycles. The first-order chi connectivity index (χ1) is 12.8. The standard InChI is InChI=1S/C23H18NOP/c25-26(21-12-6-2-7-13-21,22-14-8-3-9-15-22)23-17-16-20(18-24-23)19-10-4-1-5-11-19/h1-18H. The molecule has 0 amide bonds. The van der Waals surface area contributed by atoms with E-state index in [2.05, 4.69) is 4.98 Å².